The third-order valence-electron chi connectivity index (χ3n) is 3.77. The van der Waals surface area contributed by atoms with Crippen LogP contribution >= 0.6 is 0 Å². The van der Waals surface area contributed by atoms with Gasteiger partial charge in [0.05, 0.1) is 25.7 Å². The highest BCUT2D eigenvalue weighted by Crippen LogP contribution is 2.30. The summed E-state index contributed by atoms with van der Waals surface area (Å²) in [7, 11) is 0. The van der Waals surface area contributed by atoms with Crippen molar-refractivity contribution in [3.8, 4) is 6.07 Å². The van der Waals surface area contributed by atoms with Crippen molar-refractivity contribution in [2.24, 2.45) is 0 Å². The molecule has 1 aromatic rings. The number of amides is 1. The molecule has 3 unspecified atom stereocenters. The Balaban J connectivity index is 2.03. The van der Waals surface area contributed by atoms with Gasteiger partial charge in [-0.1, -0.05) is 0 Å². The summed E-state index contributed by atoms with van der Waals surface area (Å²) in [6.45, 7) is 0.610. The number of aliphatic hydroxyl groups excluding tert-OH is 2. The van der Waals surface area contributed by atoms with E-state index in [1.165, 1.54) is 19.2 Å². The first kappa shape index (κ1) is 21.9. The van der Waals surface area contributed by atoms with Crippen molar-refractivity contribution in [3.63, 3.8) is 0 Å². The van der Waals surface area contributed by atoms with E-state index < -0.39 is 36.8 Å². The molecule has 1 fully saturated rings. The molecule has 0 bridgehead atoms. The van der Waals surface area contributed by atoms with Crippen LogP contribution in [0.4, 0.5) is 5.82 Å². The van der Waals surface area contributed by atoms with Gasteiger partial charge >= 0.3 is 5.69 Å². The lowest BCUT2D eigenvalue weighted by Crippen LogP contribution is -2.38. The second-order valence-electron chi connectivity index (χ2n) is 5.81. The summed E-state index contributed by atoms with van der Waals surface area (Å²) >= 11 is 0. The van der Waals surface area contributed by atoms with Crippen LogP contribution in [0, 0.1) is 11.3 Å². The zero-order valence-corrected chi connectivity index (χ0v) is 15.2. The molecule has 28 heavy (non-hydrogen) atoms. The van der Waals surface area contributed by atoms with Gasteiger partial charge in [0, 0.05) is 13.1 Å². The average molecular weight is 398 g/mol. The Labute approximate surface area is 160 Å². The fourth-order valence-corrected chi connectivity index (χ4v) is 2.53. The Morgan fingerprint density at radius 1 is 1.46 bits per heavy atom. The van der Waals surface area contributed by atoms with Crippen LogP contribution in [0.15, 0.2) is 17.1 Å². The predicted octanol–water partition coefficient (Wildman–Crippen LogP) is -1.30. The van der Waals surface area contributed by atoms with Crippen LogP contribution in [-0.2, 0) is 23.7 Å². The average Bonchev–Trinajstić information content (AvgIpc) is 2.96. The maximum absolute atomic E-state index is 12.3. The van der Waals surface area contributed by atoms with Gasteiger partial charge in [0.15, 0.2) is 6.23 Å². The number of aromatic nitrogens is 2. The number of aliphatic hydroxyl groups is 2. The lowest BCUT2D eigenvalue weighted by atomic mass is 10.1. The SMILES string of the molecule is CC(=O)Nc1ccn([C@@H]2OC(CO)C(O)C2OCOCOCCC#N)c(=O)n1. The standard InChI is InChI=1S/C16H22N4O8/c1-10(22)18-12-3-5-20(16(24)19-12)15-14(13(23)11(7-21)28-15)27-9-26-8-25-6-2-4-17/h3,5,11,13-15,21,23H,2,6-9H2,1H3,(H,18,19,22,24)/t11?,13?,14?,15-/m1/s1. The van der Waals surface area contributed by atoms with Crippen LogP contribution in [0.2, 0.25) is 0 Å². The van der Waals surface area contributed by atoms with Crippen LogP contribution < -0.4 is 11.0 Å². The largest absolute Gasteiger partial charge is 0.394 e. The Morgan fingerprint density at radius 2 is 2.25 bits per heavy atom. The third kappa shape index (κ3) is 5.80. The molecule has 0 saturated carbocycles. The summed E-state index contributed by atoms with van der Waals surface area (Å²) in [4.78, 5) is 27.1. The second kappa shape index (κ2) is 10.8. The van der Waals surface area contributed by atoms with Crippen LogP contribution in [-0.4, -0.2) is 70.8 Å². The van der Waals surface area contributed by atoms with Crippen molar-refractivity contribution in [1.82, 2.24) is 9.55 Å². The number of rotatable bonds is 10. The fraction of sp³-hybridized carbons (Fsp3) is 0.625. The molecule has 0 aromatic carbocycles. The van der Waals surface area contributed by atoms with Crippen molar-refractivity contribution in [1.29, 1.82) is 5.26 Å². The lowest BCUT2D eigenvalue weighted by molar-refractivity contribution is -0.175. The molecule has 1 aliphatic heterocycles. The predicted molar refractivity (Wildman–Crippen MR) is 91.7 cm³/mol. The van der Waals surface area contributed by atoms with E-state index in [1.54, 1.807) is 0 Å². The maximum Gasteiger partial charge on any atom is 0.351 e. The number of nitriles is 1. The number of hydrogen-bond donors (Lipinski definition) is 3. The number of nitrogens with zero attached hydrogens (tertiary/aromatic N) is 3. The van der Waals surface area contributed by atoms with Gasteiger partial charge in [-0.05, 0) is 6.07 Å². The monoisotopic (exact) mass is 398 g/mol. The molecule has 154 valence electrons. The van der Waals surface area contributed by atoms with Gasteiger partial charge in [-0.25, -0.2) is 4.79 Å². The summed E-state index contributed by atoms with van der Waals surface area (Å²) in [6, 6.07) is 3.31. The van der Waals surface area contributed by atoms with E-state index in [0.717, 1.165) is 4.57 Å². The van der Waals surface area contributed by atoms with Crippen LogP contribution in [0.1, 0.15) is 19.6 Å². The smallest absolute Gasteiger partial charge is 0.351 e. The second-order valence-corrected chi connectivity index (χ2v) is 5.81. The summed E-state index contributed by atoms with van der Waals surface area (Å²) in [5.74, 6) is -0.311. The number of carbonyl (C=O) groups excluding carboxylic acids is 1. The highest BCUT2D eigenvalue weighted by Gasteiger charge is 2.45. The van der Waals surface area contributed by atoms with E-state index >= 15 is 0 Å². The minimum atomic E-state index is -1.22. The molecule has 3 N–H and O–H groups in total. The molecule has 12 nitrogen and oxygen atoms in total. The number of nitrogens with one attached hydrogen (secondary N) is 1. The first-order valence-electron chi connectivity index (χ1n) is 8.43. The van der Waals surface area contributed by atoms with Gasteiger partial charge in [0.25, 0.3) is 0 Å². The maximum atomic E-state index is 12.3. The molecule has 0 aliphatic carbocycles. The Morgan fingerprint density at radius 3 is 2.89 bits per heavy atom. The van der Waals surface area contributed by atoms with E-state index in [-0.39, 0.29) is 38.3 Å². The van der Waals surface area contributed by atoms with E-state index in [1.807, 2.05) is 6.07 Å². The van der Waals surface area contributed by atoms with Crippen LogP contribution in [0.3, 0.4) is 0 Å². The molecule has 0 radical (unpaired) electrons. The summed E-state index contributed by atoms with van der Waals surface area (Å²) < 4.78 is 22.2. The number of hydrogen-bond acceptors (Lipinski definition) is 10. The molecule has 1 aliphatic rings. The molecular weight excluding hydrogens is 376 g/mol. The highest BCUT2D eigenvalue weighted by molar-refractivity contribution is 5.87. The number of anilines is 1. The van der Waals surface area contributed by atoms with Crippen molar-refractivity contribution in [2.75, 3.05) is 32.1 Å². The molecule has 4 atom stereocenters. The van der Waals surface area contributed by atoms with E-state index in [0.29, 0.717) is 0 Å². The van der Waals surface area contributed by atoms with E-state index in [9.17, 15) is 19.8 Å². The van der Waals surface area contributed by atoms with Crippen molar-refractivity contribution in [3.05, 3.63) is 22.7 Å². The lowest BCUT2D eigenvalue weighted by Gasteiger charge is -2.22. The van der Waals surface area contributed by atoms with E-state index in [4.69, 9.17) is 24.2 Å². The number of carbonyl (C=O) groups is 1. The molecule has 12 heteroatoms. The minimum absolute atomic E-state index is 0.0707. The first-order valence-corrected chi connectivity index (χ1v) is 8.43. The molecule has 0 spiro atoms. The van der Waals surface area contributed by atoms with Gasteiger partial charge in [-0.2, -0.15) is 10.2 Å². The Kier molecular flexibility index (Phi) is 8.45. The van der Waals surface area contributed by atoms with E-state index in [2.05, 4.69) is 10.3 Å². The topological polar surface area (TPSA) is 165 Å². The van der Waals surface area contributed by atoms with Gasteiger partial charge in [-0.15, -0.1) is 0 Å². The summed E-state index contributed by atoms with van der Waals surface area (Å²) in [6.07, 6.45) is -2.72. The summed E-state index contributed by atoms with van der Waals surface area (Å²) in [5, 5.41) is 30.4. The molecule has 1 amide bonds. The first-order chi connectivity index (χ1) is 13.5. The Hall–Kier alpha value is -2.40. The highest BCUT2D eigenvalue weighted by atomic mass is 16.7. The zero-order chi connectivity index (χ0) is 20.5. The summed E-state index contributed by atoms with van der Waals surface area (Å²) in [5.41, 5.74) is -0.739. The van der Waals surface area contributed by atoms with Crippen molar-refractivity contribution >= 4 is 11.7 Å². The van der Waals surface area contributed by atoms with Gasteiger partial charge in [0.1, 0.15) is 37.7 Å². The van der Waals surface area contributed by atoms with Crippen LogP contribution in [0.5, 0.6) is 0 Å². The van der Waals surface area contributed by atoms with Gasteiger partial charge in [0.2, 0.25) is 5.91 Å². The fourth-order valence-electron chi connectivity index (χ4n) is 2.53. The third-order valence-corrected chi connectivity index (χ3v) is 3.77. The molecular formula is C16H22N4O8. The Bertz CT molecular complexity index is 749. The minimum Gasteiger partial charge on any atom is -0.394 e. The normalized spacial score (nSPS) is 24.1. The van der Waals surface area contributed by atoms with Crippen molar-refractivity contribution < 1.29 is 34.0 Å². The molecule has 2 rings (SSSR count). The van der Waals surface area contributed by atoms with Crippen LogP contribution in [0.25, 0.3) is 0 Å². The molecule has 1 saturated heterocycles. The quantitative estimate of drug-likeness (QED) is 0.318. The van der Waals surface area contributed by atoms with Gasteiger partial charge < -0.3 is 34.5 Å². The number of ether oxygens (including phenoxy) is 4. The molecule has 2 heterocycles. The zero-order valence-electron chi connectivity index (χ0n) is 15.2. The van der Waals surface area contributed by atoms with Gasteiger partial charge in [-0.3, -0.25) is 9.36 Å². The molecule has 1 aromatic heterocycles. The van der Waals surface area contributed by atoms with Crippen molar-refractivity contribution in [2.45, 2.75) is 37.9 Å².